The van der Waals surface area contributed by atoms with Crippen LogP contribution in [0.1, 0.15) is 16.8 Å². The van der Waals surface area contributed by atoms with Crippen molar-refractivity contribution in [3.05, 3.63) is 47.4 Å². The molecule has 1 aromatic carbocycles. The number of benzene rings is 1. The number of nitrogens with zero attached hydrogens (tertiary/aromatic N) is 4. The van der Waals surface area contributed by atoms with Crippen molar-refractivity contribution >= 4 is 11.5 Å². The summed E-state index contributed by atoms with van der Waals surface area (Å²) >= 11 is 0. The summed E-state index contributed by atoms with van der Waals surface area (Å²) in [7, 11) is 2.17. The van der Waals surface area contributed by atoms with Crippen LogP contribution in [0.3, 0.4) is 0 Å². The smallest absolute Gasteiger partial charge is 0.137 e. The molecule has 0 unspecified atom stereocenters. The summed E-state index contributed by atoms with van der Waals surface area (Å²) < 4.78 is 0. The molecule has 2 aliphatic heterocycles. The van der Waals surface area contributed by atoms with Crippen molar-refractivity contribution in [2.24, 2.45) is 0 Å². The largest absolute Gasteiger partial charge is 0.383 e. The molecule has 0 radical (unpaired) electrons. The molecule has 0 amide bonds. The molecular weight excluding hydrogens is 274 g/mol. The van der Waals surface area contributed by atoms with E-state index in [0.717, 1.165) is 45.0 Å². The van der Waals surface area contributed by atoms with Crippen LogP contribution in [0.15, 0.2) is 30.6 Å². The van der Waals surface area contributed by atoms with Gasteiger partial charge in [0, 0.05) is 50.4 Å². The van der Waals surface area contributed by atoms with Crippen molar-refractivity contribution in [1.82, 2.24) is 14.9 Å². The Kier molecular flexibility index (Phi) is 3.42. The first-order valence-corrected chi connectivity index (χ1v) is 7.89. The summed E-state index contributed by atoms with van der Waals surface area (Å²) in [6, 6.07) is 8.54. The second-order valence-electron chi connectivity index (χ2n) is 6.12. The summed E-state index contributed by atoms with van der Waals surface area (Å²) in [5.74, 6) is 1.11. The molecule has 0 saturated heterocycles. The Morgan fingerprint density at radius 3 is 2.95 bits per heavy atom. The third kappa shape index (κ3) is 2.41. The fourth-order valence-electron chi connectivity index (χ4n) is 3.36. The van der Waals surface area contributed by atoms with Gasteiger partial charge in [-0.2, -0.15) is 0 Å². The Bertz CT molecular complexity index is 684. The van der Waals surface area contributed by atoms with Crippen molar-refractivity contribution in [1.29, 1.82) is 0 Å². The number of rotatable bonds is 1. The number of hydrogen-bond donors (Lipinski definition) is 1. The van der Waals surface area contributed by atoms with Gasteiger partial charge in [0.25, 0.3) is 0 Å². The first kappa shape index (κ1) is 13.5. The molecule has 1 N–H and O–H groups in total. The Morgan fingerprint density at radius 2 is 2.00 bits per heavy atom. The fraction of sp³-hybridized carbons (Fsp3) is 0.412. The minimum absolute atomic E-state index is 0.899. The Labute approximate surface area is 131 Å². The van der Waals surface area contributed by atoms with Crippen LogP contribution in [0.2, 0.25) is 0 Å². The number of para-hydroxylation sites is 1. The van der Waals surface area contributed by atoms with E-state index in [4.69, 9.17) is 0 Å². The van der Waals surface area contributed by atoms with Crippen LogP contribution in [-0.2, 0) is 19.5 Å². The van der Waals surface area contributed by atoms with E-state index < -0.39 is 0 Å². The molecule has 114 valence electrons. The van der Waals surface area contributed by atoms with E-state index in [1.165, 1.54) is 22.5 Å². The zero-order valence-electron chi connectivity index (χ0n) is 12.9. The lowest BCUT2D eigenvalue weighted by Crippen LogP contribution is -2.33. The standard InChI is InChI=1S/C17H21N5/c1-21-8-6-16-14(11-21)17(20-12-19-16)22-9-7-18-15-5-3-2-4-13(15)10-22/h2-5,12,18H,6-11H2,1H3. The number of hydrogen-bond acceptors (Lipinski definition) is 5. The summed E-state index contributed by atoms with van der Waals surface area (Å²) in [6.45, 7) is 4.81. The van der Waals surface area contributed by atoms with Gasteiger partial charge in [0.2, 0.25) is 0 Å². The SMILES string of the molecule is CN1CCc2ncnc(N3CCNc4ccccc4C3)c2C1. The minimum atomic E-state index is 0.899. The molecular formula is C17H21N5. The maximum absolute atomic E-state index is 4.63. The van der Waals surface area contributed by atoms with Gasteiger partial charge in [-0.1, -0.05) is 18.2 Å². The highest BCUT2D eigenvalue weighted by atomic mass is 15.2. The molecule has 4 rings (SSSR count). The van der Waals surface area contributed by atoms with Crippen molar-refractivity contribution in [2.45, 2.75) is 19.5 Å². The molecule has 22 heavy (non-hydrogen) atoms. The van der Waals surface area contributed by atoms with E-state index >= 15 is 0 Å². The highest BCUT2D eigenvalue weighted by molar-refractivity contribution is 5.57. The molecule has 0 spiro atoms. The lowest BCUT2D eigenvalue weighted by Gasteiger charge is -2.30. The maximum Gasteiger partial charge on any atom is 0.137 e. The highest BCUT2D eigenvalue weighted by Gasteiger charge is 2.23. The van der Waals surface area contributed by atoms with Crippen molar-refractivity contribution < 1.29 is 0 Å². The summed E-state index contributed by atoms with van der Waals surface area (Å²) in [5, 5.41) is 3.52. The van der Waals surface area contributed by atoms with Crippen LogP contribution >= 0.6 is 0 Å². The quantitative estimate of drug-likeness (QED) is 0.870. The minimum Gasteiger partial charge on any atom is -0.383 e. The van der Waals surface area contributed by atoms with Gasteiger partial charge in [-0.3, -0.25) is 0 Å². The third-order valence-electron chi connectivity index (χ3n) is 4.55. The van der Waals surface area contributed by atoms with Crippen molar-refractivity contribution in [2.75, 3.05) is 36.9 Å². The number of aromatic nitrogens is 2. The van der Waals surface area contributed by atoms with Crippen LogP contribution in [0.5, 0.6) is 0 Å². The van der Waals surface area contributed by atoms with E-state index in [9.17, 15) is 0 Å². The van der Waals surface area contributed by atoms with Crippen LogP contribution < -0.4 is 10.2 Å². The molecule has 5 heteroatoms. The molecule has 2 aromatic rings. The van der Waals surface area contributed by atoms with E-state index in [-0.39, 0.29) is 0 Å². The molecule has 0 bridgehead atoms. The van der Waals surface area contributed by atoms with Crippen LogP contribution in [0.25, 0.3) is 0 Å². The van der Waals surface area contributed by atoms with Gasteiger partial charge in [0.1, 0.15) is 12.1 Å². The van der Waals surface area contributed by atoms with Gasteiger partial charge >= 0.3 is 0 Å². The molecule has 0 aliphatic carbocycles. The Balaban J connectivity index is 1.71. The molecule has 0 atom stereocenters. The van der Waals surface area contributed by atoms with Gasteiger partial charge in [-0.05, 0) is 18.7 Å². The average Bonchev–Trinajstić information content (AvgIpc) is 2.76. The van der Waals surface area contributed by atoms with Gasteiger partial charge in [0.05, 0.1) is 5.69 Å². The summed E-state index contributed by atoms with van der Waals surface area (Å²) in [4.78, 5) is 13.9. The first-order chi connectivity index (χ1) is 10.8. The number of likely N-dealkylation sites (N-methyl/N-ethyl adjacent to an activating group) is 1. The monoisotopic (exact) mass is 295 g/mol. The highest BCUT2D eigenvalue weighted by Crippen LogP contribution is 2.28. The average molecular weight is 295 g/mol. The normalized spacial score (nSPS) is 18.1. The summed E-state index contributed by atoms with van der Waals surface area (Å²) in [5.41, 5.74) is 5.09. The predicted octanol–water partition coefficient (Wildman–Crippen LogP) is 1.90. The van der Waals surface area contributed by atoms with Gasteiger partial charge in [0.15, 0.2) is 0 Å². The molecule has 3 heterocycles. The van der Waals surface area contributed by atoms with E-state index in [0.29, 0.717) is 0 Å². The number of fused-ring (bicyclic) bond motifs is 2. The van der Waals surface area contributed by atoms with Crippen LogP contribution in [0, 0.1) is 0 Å². The summed E-state index contributed by atoms with van der Waals surface area (Å²) in [6.07, 6.45) is 2.74. The zero-order chi connectivity index (χ0) is 14.9. The maximum atomic E-state index is 4.63. The molecule has 5 nitrogen and oxygen atoms in total. The van der Waals surface area contributed by atoms with E-state index in [2.05, 4.69) is 56.4 Å². The number of nitrogens with one attached hydrogen (secondary N) is 1. The van der Waals surface area contributed by atoms with Crippen molar-refractivity contribution in [3.8, 4) is 0 Å². The molecule has 0 fully saturated rings. The Hall–Kier alpha value is -2.14. The van der Waals surface area contributed by atoms with Gasteiger partial charge in [-0.25, -0.2) is 9.97 Å². The van der Waals surface area contributed by atoms with Gasteiger partial charge in [-0.15, -0.1) is 0 Å². The molecule has 2 aliphatic rings. The second kappa shape index (κ2) is 5.57. The molecule has 1 aromatic heterocycles. The topological polar surface area (TPSA) is 44.3 Å². The van der Waals surface area contributed by atoms with Crippen LogP contribution in [0.4, 0.5) is 11.5 Å². The fourth-order valence-corrected chi connectivity index (χ4v) is 3.36. The lowest BCUT2D eigenvalue weighted by molar-refractivity contribution is 0.309. The zero-order valence-corrected chi connectivity index (χ0v) is 12.9. The van der Waals surface area contributed by atoms with E-state index in [1.807, 2.05) is 0 Å². The van der Waals surface area contributed by atoms with E-state index in [1.54, 1.807) is 6.33 Å². The van der Waals surface area contributed by atoms with Crippen molar-refractivity contribution in [3.63, 3.8) is 0 Å². The number of anilines is 2. The third-order valence-corrected chi connectivity index (χ3v) is 4.55. The van der Waals surface area contributed by atoms with Gasteiger partial charge < -0.3 is 15.1 Å². The first-order valence-electron chi connectivity index (χ1n) is 7.89. The Morgan fingerprint density at radius 1 is 1.09 bits per heavy atom. The predicted molar refractivity (Wildman–Crippen MR) is 88.1 cm³/mol. The van der Waals surface area contributed by atoms with Crippen LogP contribution in [-0.4, -0.2) is 41.5 Å². The second-order valence-corrected chi connectivity index (χ2v) is 6.12. The lowest BCUT2D eigenvalue weighted by atomic mass is 10.1. The molecule has 0 saturated carbocycles.